The Hall–Kier alpha value is -0.600. The summed E-state index contributed by atoms with van der Waals surface area (Å²) in [7, 11) is 0. The molecule has 0 amide bonds. The van der Waals surface area contributed by atoms with Crippen LogP contribution in [0.2, 0.25) is 0 Å². The van der Waals surface area contributed by atoms with E-state index in [-0.39, 0.29) is 0 Å². The van der Waals surface area contributed by atoms with Gasteiger partial charge in [0, 0.05) is 18.1 Å². The van der Waals surface area contributed by atoms with Crippen molar-refractivity contribution in [3.63, 3.8) is 0 Å². The van der Waals surface area contributed by atoms with Gasteiger partial charge < -0.3 is 11.1 Å². The lowest BCUT2D eigenvalue weighted by molar-refractivity contribution is 0.209. The standard InChI is InChI=1S/C26H48N2/c1-20(2)7-5-8-21(3)9-6-10-22(4)28-26-17-13-24(14-18-26)19-23-11-15-25(27)16-12-23/h7,9,22-26,28H,5-6,8,10-19,27H2,1-4H3/b21-9+. The molecule has 0 aliphatic heterocycles. The van der Waals surface area contributed by atoms with Crippen LogP contribution >= 0.6 is 0 Å². The van der Waals surface area contributed by atoms with Gasteiger partial charge in [-0.2, -0.15) is 0 Å². The molecule has 0 aromatic carbocycles. The molecule has 2 aliphatic carbocycles. The molecule has 2 fully saturated rings. The van der Waals surface area contributed by atoms with Crippen LogP contribution < -0.4 is 11.1 Å². The Morgan fingerprint density at radius 2 is 1.50 bits per heavy atom. The molecule has 0 saturated heterocycles. The SMILES string of the molecule is CC(C)=CCC/C(C)=C/CCC(C)NC1CCC(CC2CCC(N)CC2)CC1. The second-order valence-electron chi connectivity index (χ2n) is 10.2. The minimum atomic E-state index is 0.494. The highest BCUT2D eigenvalue weighted by atomic mass is 14.9. The highest BCUT2D eigenvalue weighted by molar-refractivity contribution is 5.02. The third-order valence-electron chi connectivity index (χ3n) is 7.11. The molecule has 2 saturated carbocycles. The molecule has 1 atom stereocenters. The largest absolute Gasteiger partial charge is 0.328 e. The van der Waals surface area contributed by atoms with Crippen molar-refractivity contribution in [3.8, 4) is 0 Å². The average molecular weight is 389 g/mol. The van der Waals surface area contributed by atoms with Gasteiger partial charge in [-0.05, 0) is 123 Å². The average Bonchev–Trinajstić information content (AvgIpc) is 2.65. The van der Waals surface area contributed by atoms with E-state index < -0.39 is 0 Å². The van der Waals surface area contributed by atoms with Crippen LogP contribution in [0, 0.1) is 11.8 Å². The summed E-state index contributed by atoms with van der Waals surface area (Å²) in [6.07, 6.45) is 22.1. The Labute approximate surface area is 175 Å². The summed E-state index contributed by atoms with van der Waals surface area (Å²) in [4.78, 5) is 0. The Kier molecular flexibility index (Phi) is 10.9. The van der Waals surface area contributed by atoms with Crippen LogP contribution in [0.25, 0.3) is 0 Å². The third kappa shape index (κ3) is 9.74. The normalized spacial score (nSPS) is 30.1. The number of hydrogen-bond acceptors (Lipinski definition) is 2. The van der Waals surface area contributed by atoms with Crippen molar-refractivity contribution >= 4 is 0 Å². The van der Waals surface area contributed by atoms with E-state index in [9.17, 15) is 0 Å². The maximum atomic E-state index is 6.06. The lowest BCUT2D eigenvalue weighted by Crippen LogP contribution is -2.39. The minimum absolute atomic E-state index is 0.494. The van der Waals surface area contributed by atoms with Crippen molar-refractivity contribution in [1.82, 2.24) is 5.32 Å². The van der Waals surface area contributed by atoms with E-state index in [0.717, 1.165) is 17.9 Å². The maximum Gasteiger partial charge on any atom is 0.00697 e. The quantitative estimate of drug-likeness (QED) is 0.399. The maximum absolute atomic E-state index is 6.06. The zero-order valence-corrected chi connectivity index (χ0v) is 19.3. The van der Waals surface area contributed by atoms with E-state index >= 15 is 0 Å². The van der Waals surface area contributed by atoms with Gasteiger partial charge in [0.15, 0.2) is 0 Å². The van der Waals surface area contributed by atoms with Gasteiger partial charge in [-0.3, -0.25) is 0 Å². The number of nitrogens with one attached hydrogen (secondary N) is 1. The molecule has 162 valence electrons. The van der Waals surface area contributed by atoms with Gasteiger partial charge >= 0.3 is 0 Å². The first-order valence-corrected chi connectivity index (χ1v) is 12.2. The van der Waals surface area contributed by atoms with Crippen molar-refractivity contribution in [2.45, 2.75) is 129 Å². The monoisotopic (exact) mass is 388 g/mol. The van der Waals surface area contributed by atoms with Crippen LogP contribution in [0.15, 0.2) is 23.3 Å². The molecule has 28 heavy (non-hydrogen) atoms. The lowest BCUT2D eigenvalue weighted by Gasteiger charge is -2.34. The summed E-state index contributed by atoms with van der Waals surface area (Å²) in [6.45, 7) is 9.04. The lowest BCUT2D eigenvalue weighted by atomic mass is 9.76. The van der Waals surface area contributed by atoms with Crippen LogP contribution in [0.3, 0.4) is 0 Å². The van der Waals surface area contributed by atoms with Gasteiger partial charge in [0.2, 0.25) is 0 Å². The number of hydrogen-bond donors (Lipinski definition) is 2. The summed E-state index contributed by atoms with van der Waals surface area (Å²) < 4.78 is 0. The van der Waals surface area contributed by atoms with E-state index in [1.54, 1.807) is 5.57 Å². The summed E-state index contributed by atoms with van der Waals surface area (Å²) in [5.41, 5.74) is 9.05. The van der Waals surface area contributed by atoms with Gasteiger partial charge in [0.1, 0.15) is 0 Å². The van der Waals surface area contributed by atoms with E-state index in [1.807, 2.05) is 0 Å². The molecule has 2 aliphatic rings. The molecule has 0 radical (unpaired) electrons. The fourth-order valence-corrected chi connectivity index (χ4v) is 5.22. The molecule has 0 aromatic rings. The van der Waals surface area contributed by atoms with E-state index in [0.29, 0.717) is 12.1 Å². The van der Waals surface area contributed by atoms with Crippen LogP contribution in [-0.2, 0) is 0 Å². The molecule has 2 nitrogen and oxygen atoms in total. The first kappa shape index (κ1) is 23.7. The Morgan fingerprint density at radius 1 is 0.893 bits per heavy atom. The molecule has 0 aromatic heterocycles. The molecule has 2 rings (SSSR count). The fraction of sp³-hybridized carbons (Fsp3) is 0.846. The topological polar surface area (TPSA) is 38.0 Å². The number of allylic oxidation sites excluding steroid dienone is 4. The van der Waals surface area contributed by atoms with E-state index in [4.69, 9.17) is 5.73 Å². The highest BCUT2D eigenvalue weighted by Gasteiger charge is 2.26. The van der Waals surface area contributed by atoms with Crippen LogP contribution in [0.5, 0.6) is 0 Å². The first-order valence-electron chi connectivity index (χ1n) is 12.2. The van der Waals surface area contributed by atoms with Crippen LogP contribution in [-0.4, -0.2) is 18.1 Å². The fourth-order valence-electron chi connectivity index (χ4n) is 5.22. The van der Waals surface area contributed by atoms with Gasteiger partial charge in [-0.15, -0.1) is 0 Å². The number of rotatable bonds is 10. The molecule has 0 heterocycles. The summed E-state index contributed by atoms with van der Waals surface area (Å²) in [5.74, 6) is 1.96. The van der Waals surface area contributed by atoms with Crippen molar-refractivity contribution < 1.29 is 0 Å². The zero-order chi connectivity index (χ0) is 20.4. The predicted octanol–water partition coefficient (Wildman–Crippen LogP) is 6.90. The van der Waals surface area contributed by atoms with Gasteiger partial charge in [0.25, 0.3) is 0 Å². The minimum Gasteiger partial charge on any atom is -0.328 e. The Bertz CT molecular complexity index is 473. The highest BCUT2D eigenvalue weighted by Crippen LogP contribution is 2.35. The smallest absolute Gasteiger partial charge is 0.00697 e. The molecule has 1 unspecified atom stereocenters. The Morgan fingerprint density at radius 3 is 2.11 bits per heavy atom. The summed E-state index contributed by atoms with van der Waals surface area (Å²) >= 11 is 0. The van der Waals surface area contributed by atoms with Gasteiger partial charge in [-0.1, -0.05) is 23.3 Å². The summed E-state index contributed by atoms with van der Waals surface area (Å²) in [5, 5.41) is 3.93. The van der Waals surface area contributed by atoms with E-state index in [1.165, 1.54) is 89.0 Å². The molecule has 3 N–H and O–H groups in total. The van der Waals surface area contributed by atoms with Gasteiger partial charge in [0.05, 0.1) is 0 Å². The van der Waals surface area contributed by atoms with Crippen molar-refractivity contribution in [1.29, 1.82) is 0 Å². The first-order chi connectivity index (χ1) is 13.4. The second-order valence-corrected chi connectivity index (χ2v) is 10.2. The predicted molar refractivity (Wildman–Crippen MR) is 125 cm³/mol. The Balaban J connectivity index is 1.56. The third-order valence-corrected chi connectivity index (χ3v) is 7.11. The zero-order valence-electron chi connectivity index (χ0n) is 19.3. The molecular weight excluding hydrogens is 340 g/mol. The van der Waals surface area contributed by atoms with Crippen molar-refractivity contribution in [2.24, 2.45) is 17.6 Å². The van der Waals surface area contributed by atoms with Crippen LogP contribution in [0.4, 0.5) is 0 Å². The van der Waals surface area contributed by atoms with Crippen molar-refractivity contribution in [3.05, 3.63) is 23.3 Å². The van der Waals surface area contributed by atoms with Crippen molar-refractivity contribution in [2.75, 3.05) is 0 Å². The van der Waals surface area contributed by atoms with E-state index in [2.05, 4.69) is 45.2 Å². The molecule has 0 bridgehead atoms. The summed E-state index contributed by atoms with van der Waals surface area (Å²) in [6, 6.07) is 1.89. The molecule has 0 spiro atoms. The number of nitrogens with two attached hydrogens (primary N) is 1. The molecular formula is C26H48N2. The molecule has 2 heteroatoms. The van der Waals surface area contributed by atoms with Gasteiger partial charge in [-0.25, -0.2) is 0 Å². The van der Waals surface area contributed by atoms with Crippen LogP contribution in [0.1, 0.15) is 111 Å². The second kappa shape index (κ2) is 12.9.